The molecule has 0 spiro atoms. The molecule has 98 valence electrons. The van der Waals surface area contributed by atoms with E-state index in [9.17, 15) is 4.79 Å². The van der Waals surface area contributed by atoms with Crippen LogP contribution in [0, 0.1) is 5.92 Å². The summed E-state index contributed by atoms with van der Waals surface area (Å²) >= 11 is 0. The van der Waals surface area contributed by atoms with Gasteiger partial charge in [0.05, 0.1) is 5.56 Å². The Morgan fingerprint density at radius 1 is 1.56 bits per heavy atom. The summed E-state index contributed by atoms with van der Waals surface area (Å²) in [5.74, 6) is 0.816. The number of carbonyl (C=O) groups is 1. The maximum Gasteiger partial charge on any atom is 0.257 e. The third-order valence-electron chi connectivity index (χ3n) is 3.28. The van der Waals surface area contributed by atoms with Gasteiger partial charge in [-0.25, -0.2) is 0 Å². The number of nitrogens with one attached hydrogen (secondary N) is 1. The molecule has 0 unspecified atom stereocenters. The van der Waals surface area contributed by atoms with Gasteiger partial charge >= 0.3 is 0 Å². The largest absolute Gasteiger partial charge is 0.387 e. The van der Waals surface area contributed by atoms with Gasteiger partial charge < -0.3 is 10.2 Å². The molecule has 18 heavy (non-hydrogen) atoms. The van der Waals surface area contributed by atoms with E-state index >= 15 is 0 Å². The van der Waals surface area contributed by atoms with Crippen LogP contribution in [0.2, 0.25) is 0 Å². The SMILES string of the molecule is CCCN(CC1CC1)C(=O)c1cnccc1NC. The van der Waals surface area contributed by atoms with E-state index in [1.165, 1.54) is 12.8 Å². The van der Waals surface area contributed by atoms with Crippen molar-refractivity contribution in [1.29, 1.82) is 0 Å². The van der Waals surface area contributed by atoms with Gasteiger partial charge in [-0.05, 0) is 31.2 Å². The van der Waals surface area contributed by atoms with Crippen LogP contribution >= 0.6 is 0 Å². The molecule has 1 N–H and O–H groups in total. The van der Waals surface area contributed by atoms with Crippen molar-refractivity contribution in [2.24, 2.45) is 5.92 Å². The molecule has 0 aliphatic heterocycles. The first-order chi connectivity index (χ1) is 8.76. The molecule has 2 rings (SSSR count). The Labute approximate surface area is 108 Å². The monoisotopic (exact) mass is 247 g/mol. The topological polar surface area (TPSA) is 45.2 Å². The summed E-state index contributed by atoms with van der Waals surface area (Å²) in [4.78, 5) is 18.6. The van der Waals surface area contributed by atoms with Crippen LogP contribution in [0.1, 0.15) is 36.5 Å². The highest BCUT2D eigenvalue weighted by Gasteiger charge is 2.27. The number of carbonyl (C=O) groups excluding carboxylic acids is 1. The summed E-state index contributed by atoms with van der Waals surface area (Å²) in [5.41, 5.74) is 1.53. The van der Waals surface area contributed by atoms with Crippen LogP contribution in [0.4, 0.5) is 5.69 Å². The van der Waals surface area contributed by atoms with Gasteiger partial charge in [-0.2, -0.15) is 0 Å². The molecular formula is C14H21N3O. The normalized spacial score (nSPS) is 14.3. The van der Waals surface area contributed by atoms with Crippen LogP contribution in [-0.4, -0.2) is 35.9 Å². The van der Waals surface area contributed by atoms with Gasteiger partial charge in [-0.1, -0.05) is 6.92 Å². The summed E-state index contributed by atoms with van der Waals surface area (Å²) < 4.78 is 0. The molecule has 4 nitrogen and oxygen atoms in total. The lowest BCUT2D eigenvalue weighted by Gasteiger charge is -2.23. The lowest BCUT2D eigenvalue weighted by Crippen LogP contribution is -2.34. The van der Waals surface area contributed by atoms with Crippen molar-refractivity contribution >= 4 is 11.6 Å². The summed E-state index contributed by atoms with van der Waals surface area (Å²) in [6, 6.07) is 1.84. The second-order valence-electron chi connectivity index (χ2n) is 4.87. The highest BCUT2D eigenvalue weighted by Crippen LogP contribution is 2.30. The number of anilines is 1. The van der Waals surface area contributed by atoms with Crippen molar-refractivity contribution in [2.45, 2.75) is 26.2 Å². The van der Waals surface area contributed by atoms with Crippen LogP contribution in [-0.2, 0) is 0 Å². The molecule has 0 aromatic carbocycles. The number of hydrogen-bond acceptors (Lipinski definition) is 3. The molecule has 1 aromatic rings. The van der Waals surface area contributed by atoms with Crippen molar-refractivity contribution in [1.82, 2.24) is 9.88 Å². The predicted octanol–water partition coefficient (Wildman–Crippen LogP) is 2.39. The van der Waals surface area contributed by atoms with E-state index < -0.39 is 0 Å². The molecule has 1 aromatic heterocycles. The smallest absolute Gasteiger partial charge is 0.257 e. The molecular weight excluding hydrogens is 226 g/mol. The van der Waals surface area contributed by atoms with Crippen molar-refractivity contribution < 1.29 is 4.79 Å². The van der Waals surface area contributed by atoms with E-state index in [-0.39, 0.29) is 5.91 Å². The number of amides is 1. The minimum absolute atomic E-state index is 0.0983. The minimum Gasteiger partial charge on any atom is -0.387 e. The Hall–Kier alpha value is -1.58. The Kier molecular flexibility index (Phi) is 4.18. The van der Waals surface area contributed by atoms with Gasteiger partial charge in [0.2, 0.25) is 0 Å². The molecule has 0 bridgehead atoms. The van der Waals surface area contributed by atoms with Crippen molar-refractivity contribution in [3.05, 3.63) is 24.0 Å². The quantitative estimate of drug-likeness (QED) is 0.839. The van der Waals surface area contributed by atoms with Crippen molar-refractivity contribution in [3.63, 3.8) is 0 Å². The number of hydrogen-bond donors (Lipinski definition) is 1. The number of aromatic nitrogens is 1. The zero-order chi connectivity index (χ0) is 13.0. The lowest BCUT2D eigenvalue weighted by atomic mass is 10.2. The summed E-state index contributed by atoms with van der Waals surface area (Å²) in [6.45, 7) is 3.83. The van der Waals surface area contributed by atoms with E-state index in [2.05, 4.69) is 17.2 Å². The van der Waals surface area contributed by atoms with Crippen LogP contribution in [0.3, 0.4) is 0 Å². The van der Waals surface area contributed by atoms with E-state index in [0.29, 0.717) is 5.56 Å². The maximum absolute atomic E-state index is 12.5. The first-order valence-electron chi connectivity index (χ1n) is 6.67. The molecule has 1 aliphatic rings. The van der Waals surface area contributed by atoms with Crippen LogP contribution < -0.4 is 5.32 Å². The summed E-state index contributed by atoms with van der Waals surface area (Å²) in [6.07, 6.45) is 6.88. The van der Waals surface area contributed by atoms with Gasteiger partial charge in [0.15, 0.2) is 0 Å². The molecule has 0 atom stereocenters. The first kappa shape index (κ1) is 12.9. The fourth-order valence-corrected chi connectivity index (χ4v) is 2.11. The fraction of sp³-hybridized carbons (Fsp3) is 0.571. The van der Waals surface area contributed by atoms with Crippen LogP contribution in [0.5, 0.6) is 0 Å². The van der Waals surface area contributed by atoms with E-state index in [1.54, 1.807) is 12.4 Å². The number of rotatable bonds is 6. The standard InChI is InChI=1S/C14H21N3O/c1-3-8-17(10-11-4-5-11)14(18)12-9-16-7-6-13(12)15-2/h6-7,9,11H,3-5,8,10H2,1-2H3,(H,15,16). The second-order valence-corrected chi connectivity index (χ2v) is 4.87. The molecule has 0 saturated heterocycles. The Morgan fingerprint density at radius 3 is 2.94 bits per heavy atom. The van der Waals surface area contributed by atoms with Crippen LogP contribution in [0.15, 0.2) is 18.5 Å². The summed E-state index contributed by atoms with van der Waals surface area (Å²) in [5, 5.41) is 3.05. The van der Waals surface area contributed by atoms with E-state index in [0.717, 1.165) is 31.1 Å². The maximum atomic E-state index is 12.5. The van der Waals surface area contributed by atoms with E-state index in [4.69, 9.17) is 0 Å². The highest BCUT2D eigenvalue weighted by molar-refractivity contribution is 5.99. The average Bonchev–Trinajstić information content (AvgIpc) is 3.21. The average molecular weight is 247 g/mol. The lowest BCUT2D eigenvalue weighted by molar-refractivity contribution is 0.0748. The molecule has 1 aliphatic carbocycles. The number of pyridine rings is 1. The first-order valence-corrected chi connectivity index (χ1v) is 6.67. The fourth-order valence-electron chi connectivity index (χ4n) is 2.11. The van der Waals surface area contributed by atoms with E-state index in [1.807, 2.05) is 18.0 Å². The highest BCUT2D eigenvalue weighted by atomic mass is 16.2. The molecule has 1 heterocycles. The molecule has 1 saturated carbocycles. The molecule has 0 radical (unpaired) electrons. The Balaban J connectivity index is 2.15. The molecule has 4 heteroatoms. The van der Waals surface area contributed by atoms with Crippen molar-refractivity contribution in [3.8, 4) is 0 Å². The predicted molar refractivity (Wildman–Crippen MR) is 72.7 cm³/mol. The Bertz CT molecular complexity index is 415. The second kappa shape index (κ2) is 5.85. The third-order valence-corrected chi connectivity index (χ3v) is 3.28. The van der Waals surface area contributed by atoms with Crippen molar-refractivity contribution in [2.75, 3.05) is 25.5 Å². The van der Waals surface area contributed by atoms with Gasteiger partial charge in [0, 0.05) is 38.2 Å². The van der Waals surface area contributed by atoms with Crippen LogP contribution in [0.25, 0.3) is 0 Å². The minimum atomic E-state index is 0.0983. The van der Waals surface area contributed by atoms with Gasteiger partial charge in [-0.3, -0.25) is 9.78 Å². The molecule has 1 fully saturated rings. The van der Waals surface area contributed by atoms with Gasteiger partial charge in [0.25, 0.3) is 5.91 Å². The van der Waals surface area contributed by atoms with Gasteiger partial charge in [0.1, 0.15) is 0 Å². The zero-order valence-electron chi connectivity index (χ0n) is 11.1. The number of nitrogens with zero attached hydrogens (tertiary/aromatic N) is 2. The Morgan fingerprint density at radius 2 is 2.33 bits per heavy atom. The molecule has 1 amide bonds. The summed E-state index contributed by atoms with van der Waals surface area (Å²) in [7, 11) is 1.83. The zero-order valence-corrected chi connectivity index (χ0v) is 11.1. The third kappa shape index (κ3) is 3.00. The van der Waals surface area contributed by atoms with Gasteiger partial charge in [-0.15, -0.1) is 0 Å².